The maximum absolute atomic E-state index is 15.4. The van der Waals surface area contributed by atoms with Crippen molar-refractivity contribution in [3.05, 3.63) is 11.1 Å². The highest BCUT2D eigenvalue weighted by atomic mass is 31.2. The SMILES string of the molecule is CC(CO[Si](C)(C)C(C)(C)C)[C@H]1CC[C@H]2[C@@H]3CC[C@H]4C(F)=C(P(=O)(O)O)CC[C@]4(C)[C@H]3CC[C@]12C. The van der Waals surface area contributed by atoms with E-state index in [9.17, 15) is 14.4 Å². The van der Waals surface area contributed by atoms with Crippen LogP contribution in [-0.4, -0.2) is 24.7 Å². The first kappa shape index (κ1) is 28.0. The Morgan fingerprint density at radius 1 is 1.06 bits per heavy atom. The first-order valence-electron chi connectivity index (χ1n) is 14.0. The number of rotatable bonds is 5. The zero-order chi connectivity index (χ0) is 26.2. The van der Waals surface area contributed by atoms with Gasteiger partial charge in [-0.15, -0.1) is 0 Å². The number of hydrogen-bond donors (Lipinski definition) is 2. The lowest BCUT2D eigenvalue weighted by molar-refractivity contribution is -0.103. The molecule has 4 aliphatic rings. The van der Waals surface area contributed by atoms with Gasteiger partial charge in [0.05, 0.1) is 5.31 Å². The molecule has 8 atom stereocenters. The normalized spacial score (nSPS) is 41.3. The second-order valence-electron chi connectivity index (χ2n) is 14.6. The second-order valence-corrected chi connectivity index (χ2v) is 21.1. The Balaban J connectivity index is 1.51. The summed E-state index contributed by atoms with van der Waals surface area (Å²) in [6.07, 6.45) is 7.48. The van der Waals surface area contributed by atoms with Gasteiger partial charge in [0, 0.05) is 12.5 Å². The highest BCUT2D eigenvalue weighted by molar-refractivity contribution is 7.56. The van der Waals surface area contributed by atoms with E-state index in [1.165, 1.54) is 19.3 Å². The third kappa shape index (κ3) is 4.60. The Kier molecular flexibility index (Phi) is 7.23. The molecule has 0 heterocycles. The van der Waals surface area contributed by atoms with Crippen molar-refractivity contribution in [3.8, 4) is 0 Å². The summed E-state index contributed by atoms with van der Waals surface area (Å²) in [5.41, 5.74) is 0.142. The van der Waals surface area contributed by atoms with Crippen LogP contribution in [0.5, 0.6) is 0 Å². The molecule has 7 heteroatoms. The van der Waals surface area contributed by atoms with Crippen molar-refractivity contribution in [2.75, 3.05) is 6.61 Å². The van der Waals surface area contributed by atoms with Gasteiger partial charge in [-0.25, -0.2) is 4.39 Å². The third-order valence-corrected chi connectivity index (χ3v) is 17.6. The quantitative estimate of drug-likeness (QED) is 0.278. The fourth-order valence-corrected chi connectivity index (χ4v) is 10.8. The molecule has 0 aromatic rings. The van der Waals surface area contributed by atoms with Crippen LogP contribution in [-0.2, 0) is 8.99 Å². The molecule has 202 valence electrons. The molecule has 2 N–H and O–H groups in total. The lowest BCUT2D eigenvalue weighted by Crippen LogP contribution is -2.53. The smallest absolute Gasteiger partial charge is 0.354 e. The van der Waals surface area contributed by atoms with Crippen molar-refractivity contribution in [1.82, 2.24) is 0 Å². The van der Waals surface area contributed by atoms with Gasteiger partial charge in [-0.05, 0) is 110 Å². The van der Waals surface area contributed by atoms with Gasteiger partial charge in [-0.1, -0.05) is 41.5 Å². The molecule has 4 aliphatic carbocycles. The van der Waals surface area contributed by atoms with Crippen LogP contribution in [0.15, 0.2) is 11.1 Å². The summed E-state index contributed by atoms with van der Waals surface area (Å²) >= 11 is 0. The van der Waals surface area contributed by atoms with Crippen LogP contribution in [0.25, 0.3) is 0 Å². The van der Waals surface area contributed by atoms with Crippen LogP contribution in [0, 0.1) is 46.3 Å². The standard InChI is InChI=1S/C28H50FO4PSi/c1-18(17-33-35(7,8)26(2,3)4)20-11-12-21-19-9-10-23-25(29)24(34(30,31)32)14-16-28(23,6)22(19)13-15-27(20,21)5/h18-23H,9-17H2,1-8H3,(H2,30,31,32)/t18?,19-,20+,21-,22-,23-,27+,28+/m0/s1. The molecule has 0 aromatic heterocycles. The summed E-state index contributed by atoms with van der Waals surface area (Å²) in [7, 11) is -6.27. The van der Waals surface area contributed by atoms with E-state index >= 15 is 4.39 Å². The molecule has 3 saturated carbocycles. The average molecular weight is 529 g/mol. The Morgan fingerprint density at radius 3 is 2.29 bits per heavy atom. The molecule has 4 rings (SSSR count). The summed E-state index contributed by atoms with van der Waals surface area (Å²) in [5, 5.41) is 0.0141. The summed E-state index contributed by atoms with van der Waals surface area (Å²) in [5.74, 6) is 2.17. The van der Waals surface area contributed by atoms with Crippen LogP contribution < -0.4 is 0 Å². The Labute approximate surface area is 214 Å². The van der Waals surface area contributed by atoms with Crippen molar-refractivity contribution >= 4 is 15.9 Å². The summed E-state index contributed by atoms with van der Waals surface area (Å²) in [6.45, 7) is 19.6. The van der Waals surface area contributed by atoms with Crippen molar-refractivity contribution in [2.24, 2.45) is 46.3 Å². The van der Waals surface area contributed by atoms with Gasteiger partial charge >= 0.3 is 7.60 Å². The number of halogens is 1. The predicted octanol–water partition coefficient (Wildman–Crippen LogP) is 8.27. The molecule has 1 unspecified atom stereocenters. The molecule has 0 bridgehead atoms. The van der Waals surface area contributed by atoms with Gasteiger partial charge in [0.1, 0.15) is 5.83 Å². The minimum Gasteiger partial charge on any atom is -0.417 e. The van der Waals surface area contributed by atoms with Crippen LogP contribution in [0.1, 0.15) is 92.9 Å². The Hall–Kier alpha value is -0.00312. The molecule has 0 aromatic carbocycles. The first-order valence-corrected chi connectivity index (χ1v) is 18.5. The van der Waals surface area contributed by atoms with Crippen molar-refractivity contribution in [2.45, 2.75) is 111 Å². The van der Waals surface area contributed by atoms with E-state index in [1.54, 1.807) is 0 Å². The van der Waals surface area contributed by atoms with Gasteiger partial charge in [-0.3, -0.25) is 4.57 Å². The minimum absolute atomic E-state index is 0.178. The largest absolute Gasteiger partial charge is 0.417 e. The molecule has 0 aliphatic heterocycles. The maximum Gasteiger partial charge on any atom is 0.354 e. The van der Waals surface area contributed by atoms with Gasteiger partial charge < -0.3 is 14.2 Å². The molecule has 0 radical (unpaired) electrons. The summed E-state index contributed by atoms with van der Waals surface area (Å²) in [6, 6.07) is 0. The van der Waals surface area contributed by atoms with E-state index in [-0.39, 0.29) is 28.1 Å². The van der Waals surface area contributed by atoms with E-state index in [0.29, 0.717) is 41.4 Å². The zero-order valence-electron chi connectivity index (χ0n) is 23.4. The predicted molar refractivity (Wildman–Crippen MR) is 143 cm³/mol. The van der Waals surface area contributed by atoms with Crippen LogP contribution in [0.2, 0.25) is 18.1 Å². The molecule has 4 nitrogen and oxygen atoms in total. The average Bonchev–Trinajstić information content (AvgIpc) is 3.07. The Morgan fingerprint density at radius 2 is 1.69 bits per heavy atom. The molecular weight excluding hydrogens is 478 g/mol. The topological polar surface area (TPSA) is 66.8 Å². The lowest BCUT2D eigenvalue weighted by Gasteiger charge is -2.60. The Bertz CT molecular complexity index is 907. The molecule has 0 spiro atoms. The van der Waals surface area contributed by atoms with Gasteiger partial charge in [0.2, 0.25) is 0 Å². The molecule has 3 fully saturated rings. The summed E-state index contributed by atoms with van der Waals surface area (Å²) in [4.78, 5) is 19.4. The van der Waals surface area contributed by atoms with Crippen LogP contribution >= 0.6 is 7.60 Å². The number of allylic oxidation sites excluding steroid dienone is 2. The van der Waals surface area contributed by atoms with Crippen molar-refractivity contribution in [1.29, 1.82) is 0 Å². The van der Waals surface area contributed by atoms with Gasteiger partial charge in [0.25, 0.3) is 0 Å². The van der Waals surface area contributed by atoms with Gasteiger partial charge in [-0.2, -0.15) is 0 Å². The van der Waals surface area contributed by atoms with E-state index in [1.807, 2.05) is 0 Å². The molecular formula is C28H50FO4PSi. The van der Waals surface area contributed by atoms with Gasteiger partial charge in [0.15, 0.2) is 8.32 Å². The third-order valence-electron chi connectivity index (χ3n) is 12.0. The fraction of sp³-hybridized carbons (Fsp3) is 0.929. The van der Waals surface area contributed by atoms with E-state index < -0.39 is 21.7 Å². The van der Waals surface area contributed by atoms with Crippen molar-refractivity contribution in [3.63, 3.8) is 0 Å². The monoisotopic (exact) mass is 528 g/mol. The minimum atomic E-state index is -4.51. The highest BCUT2D eigenvalue weighted by Crippen LogP contribution is 2.70. The molecule has 0 saturated heterocycles. The number of fused-ring (bicyclic) bond motifs is 5. The zero-order valence-corrected chi connectivity index (χ0v) is 25.3. The van der Waals surface area contributed by atoms with E-state index in [0.717, 1.165) is 25.9 Å². The van der Waals surface area contributed by atoms with E-state index in [4.69, 9.17) is 4.43 Å². The summed E-state index contributed by atoms with van der Waals surface area (Å²) < 4.78 is 34.0. The highest BCUT2D eigenvalue weighted by Gasteiger charge is 2.61. The van der Waals surface area contributed by atoms with E-state index in [2.05, 4.69) is 54.6 Å². The lowest BCUT2D eigenvalue weighted by atomic mass is 9.45. The second kappa shape index (κ2) is 9.04. The maximum atomic E-state index is 15.4. The van der Waals surface area contributed by atoms with Crippen LogP contribution in [0.4, 0.5) is 4.39 Å². The first-order chi connectivity index (χ1) is 15.9. The molecule has 0 amide bonds. The molecule has 35 heavy (non-hydrogen) atoms. The van der Waals surface area contributed by atoms with Crippen LogP contribution in [0.3, 0.4) is 0 Å². The van der Waals surface area contributed by atoms with Crippen molar-refractivity contribution < 1.29 is 23.2 Å². The fourth-order valence-electron chi connectivity index (χ4n) is 8.87. The number of hydrogen-bond acceptors (Lipinski definition) is 2.